The van der Waals surface area contributed by atoms with Gasteiger partial charge in [-0.3, -0.25) is 9.79 Å². The number of halogens is 1. The number of hydrogen-bond donors (Lipinski definition) is 1. The number of nitrogens with zero attached hydrogens (tertiary/aromatic N) is 6. The van der Waals surface area contributed by atoms with Crippen molar-refractivity contribution in [1.29, 1.82) is 0 Å². The van der Waals surface area contributed by atoms with Crippen LogP contribution < -0.4 is 5.32 Å². The molecule has 0 radical (unpaired) electrons. The molecular weight excluding hydrogens is 565 g/mol. The number of rotatable bonds is 7. The van der Waals surface area contributed by atoms with Gasteiger partial charge in [0.1, 0.15) is 17.3 Å². The van der Waals surface area contributed by atoms with Crippen LogP contribution in [-0.2, 0) is 16.6 Å². The average molecular weight is 592 g/mol. The Morgan fingerprint density at radius 1 is 1.00 bits per heavy atom. The number of aromatic nitrogens is 5. The molecule has 2 saturated carbocycles. The lowest BCUT2D eigenvalue weighted by molar-refractivity contribution is -0.119. The number of carbonyl (C=O) groups is 1. The third kappa shape index (κ3) is 4.83. The van der Waals surface area contributed by atoms with E-state index >= 15 is 0 Å². The summed E-state index contributed by atoms with van der Waals surface area (Å²) in [6, 6.07) is 14.2. The Morgan fingerprint density at radius 3 is 2.53 bits per heavy atom. The zero-order valence-electron chi connectivity index (χ0n) is 23.2. The highest BCUT2D eigenvalue weighted by atomic mass is 32.1. The van der Waals surface area contributed by atoms with Crippen LogP contribution in [0.5, 0.6) is 0 Å². The lowest BCUT2D eigenvalue weighted by atomic mass is 9.95. The summed E-state index contributed by atoms with van der Waals surface area (Å²) in [4.78, 5) is 33.1. The van der Waals surface area contributed by atoms with Gasteiger partial charge in [-0.2, -0.15) is 0 Å². The van der Waals surface area contributed by atoms with Gasteiger partial charge in [-0.25, -0.2) is 19.3 Å². The van der Waals surface area contributed by atoms with Gasteiger partial charge in [-0.05, 0) is 31.7 Å². The maximum atomic E-state index is 14.9. The highest BCUT2D eigenvalue weighted by Gasteiger charge is 2.43. The molecule has 1 atom stereocenters. The summed E-state index contributed by atoms with van der Waals surface area (Å²) in [5, 5.41) is 12.5. The number of hydrogen-bond acceptors (Lipinski definition) is 10. The second kappa shape index (κ2) is 9.98. The quantitative estimate of drug-likeness (QED) is 0.241. The molecule has 3 aliphatic rings. The first-order valence-electron chi connectivity index (χ1n) is 14.3. The molecule has 8 rings (SSSR count). The molecule has 2 aromatic carbocycles. The van der Waals surface area contributed by atoms with Gasteiger partial charge in [0.05, 0.1) is 15.6 Å². The molecule has 0 unspecified atom stereocenters. The molecule has 11 heteroatoms. The number of nitrogens with one attached hydrogen (secondary N) is 1. The first kappa shape index (κ1) is 26.0. The molecular formula is C32H26FN7O2S. The maximum absolute atomic E-state index is 14.9. The fourth-order valence-electron chi connectivity index (χ4n) is 5.26. The molecule has 1 aliphatic heterocycles. The van der Waals surface area contributed by atoms with Gasteiger partial charge in [0, 0.05) is 52.4 Å². The van der Waals surface area contributed by atoms with E-state index in [1.54, 1.807) is 23.5 Å². The van der Waals surface area contributed by atoms with Gasteiger partial charge < -0.3 is 9.73 Å². The molecule has 4 heterocycles. The molecule has 1 N–H and O–H groups in total. The second-order valence-electron chi connectivity index (χ2n) is 11.6. The molecule has 2 fully saturated rings. The maximum Gasteiger partial charge on any atom is 0.317 e. The number of thiazole rings is 1. The molecule has 0 bridgehead atoms. The van der Waals surface area contributed by atoms with E-state index in [9.17, 15) is 9.18 Å². The van der Waals surface area contributed by atoms with Gasteiger partial charge in [0.25, 0.3) is 5.89 Å². The first-order valence-corrected chi connectivity index (χ1v) is 15.1. The third-order valence-electron chi connectivity index (χ3n) is 8.24. The van der Waals surface area contributed by atoms with Crippen molar-refractivity contribution < 1.29 is 13.6 Å². The molecule has 9 nitrogen and oxygen atoms in total. The summed E-state index contributed by atoms with van der Waals surface area (Å²) in [6.07, 6.45) is 6.90. The number of aliphatic imine (C=N–C) groups is 1. The van der Waals surface area contributed by atoms with E-state index < -0.39 is 12.0 Å². The van der Waals surface area contributed by atoms with Crippen molar-refractivity contribution in [2.45, 2.75) is 56.5 Å². The van der Waals surface area contributed by atoms with Crippen LogP contribution in [0.25, 0.3) is 22.0 Å². The van der Waals surface area contributed by atoms with Gasteiger partial charge >= 0.3 is 6.01 Å². The smallest absolute Gasteiger partial charge is 0.317 e. The predicted octanol–water partition coefficient (Wildman–Crippen LogP) is 6.12. The summed E-state index contributed by atoms with van der Waals surface area (Å²) in [7, 11) is 0. The Hall–Kier alpha value is -4.64. The molecule has 43 heavy (non-hydrogen) atoms. The second-order valence-corrected chi connectivity index (χ2v) is 12.6. The highest BCUT2D eigenvalue weighted by molar-refractivity contribution is 7.15. The summed E-state index contributed by atoms with van der Waals surface area (Å²) < 4.78 is 21.0. The minimum atomic E-state index is -1.06. The third-order valence-corrected chi connectivity index (χ3v) is 9.65. The van der Waals surface area contributed by atoms with E-state index in [1.807, 2.05) is 42.7 Å². The highest BCUT2D eigenvalue weighted by Crippen LogP contribution is 2.52. The van der Waals surface area contributed by atoms with E-state index in [0.717, 1.165) is 52.5 Å². The summed E-state index contributed by atoms with van der Waals surface area (Å²) in [6.45, 7) is 2.20. The molecule has 0 spiro atoms. The fourth-order valence-corrected chi connectivity index (χ4v) is 6.50. The van der Waals surface area contributed by atoms with Crippen LogP contribution in [0.15, 0.2) is 70.3 Å². The van der Waals surface area contributed by atoms with Crippen LogP contribution in [0.1, 0.15) is 66.0 Å². The summed E-state index contributed by atoms with van der Waals surface area (Å²) in [5.74, 6) is 0.794. The first-order chi connectivity index (χ1) is 20.9. The van der Waals surface area contributed by atoms with Crippen LogP contribution in [0.4, 0.5) is 10.4 Å². The van der Waals surface area contributed by atoms with Crippen molar-refractivity contribution in [3.8, 4) is 22.0 Å². The zero-order valence-corrected chi connectivity index (χ0v) is 24.1. The van der Waals surface area contributed by atoms with Gasteiger partial charge in [0.15, 0.2) is 11.9 Å². The largest absolute Gasteiger partial charge is 0.402 e. The minimum absolute atomic E-state index is 0.0226. The van der Waals surface area contributed by atoms with E-state index in [4.69, 9.17) is 14.4 Å². The van der Waals surface area contributed by atoms with Crippen molar-refractivity contribution in [2.24, 2.45) is 4.99 Å². The van der Waals surface area contributed by atoms with Gasteiger partial charge in [0.2, 0.25) is 0 Å². The number of ketones is 1. The summed E-state index contributed by atoms with van der Waals surface area (Å²) >= 11 is 1.60. The van der Waals surface area contributed by atoms with Crippen molar-refractivity contribution in [1.82, 2.24) is 25.1 Å². The van der Waals surface area contributed by atoms with Crippen LogP contribution in [-0.4, -0.2) is 42.8 Å². The molecule has 2 aliphatic carbocycles. The topological polar surface area (TPSA) is 119 Å². The van der Waals surface area contributed by atoms with Crippen LogP contribution in [0.3, 0.4) is 0 Å². The van der Waals surface area contributed by atoms with E-state index in [-0.39, 0.29) is 29.5 Å². The predicted molar refractivity (Wildman–Crippen MR) is 160 cm³/mol. The molecule has 5 aromatic rings. The monoisotopic (exact) mass is 591 g/mol. The normalized spacial score (nSPS) is 19.0. The Kier molecular flexibility index (Phi) is 6.04. The number of anilines is 1. The average Bonchev–Trinajstić information content (AvgIpc) is 3.93. The number of benzene rings is 2. The van der Waals surface area contributed by atoms with Crippen molar-refractivity contribution >= 4 is 28.8 Å². The Balaban J connectivity index is 1.14. The molecule has 0 saturated heterocycles. The Bertz CT molecular complexity index is 1890. The zero-order chi connectivity index (χ0) is 29.1. The Morgan fingerprint density at radius 2 is 1.79 bits per heavy atom. The molecule has 3 aromatic heterocycles. The van der Waals surface area contributed by atoms with Crippen molar-refractivity contribution in [3.05, 3.63) is 94.3 Å². The van der Waals surface area contributed by atoms with Crippen LogP contribution >= 0.6 is 11.3 Å². The number of Topliss-reactive ketones (excluding diaryl/α,β-unsaturated/α-hetero) is 1. The number of fused-ring (bicyclic) bond motifs is 1. The van der Waals surface area contributed by atoms with Crippen molar-refractivity contribution in [3.63, 3.8) is 0 Å². The summed E-state index contributed by atoms with van der Waals surface area (Å²) in [5.41, 5.74) is 3.62. The van der Waals surface area contributed by atoms with Gasteiger partial charge in [-0.15, -0.1) is 16.4 Å². The van der Waals surface area contributed by atoms with Gasteiger partial charge in [-0.1, -0.05) is 54.5 Å². The minimum Gasteiger partial charge on any atom is -0.402 e. The molecule has 0 amide bonds. The van der Waals surface area contributed by atoms with E-state index in [0.29, 0.717) is 28.5 Å². The van der Waals surface area contributed by atoms with E-state index in [2.05, 4.69) is 32.4 Å². The molecule has 214 valence electrons. The number of carbonyl (C=O) groups excluding carboxylic acids is 1. The lowest BCUT2D eigenvalue weighted by Gasteiger charge is -2.11. The van der Waals surface area contributed by atoms with Crippen LogP contribution in [0, 0.1) is 5.82 Å². The van der Waals surface area contributed by atoms with Crippen LogP contribution in [0.2, 0.25) is 0 Å². The standard InChI is InChI=1S/C32H26FN7O2S/c1-32(12-13-32)30-37-25(26(43-30)19-15-34-27(35-16-19)18-10-11-18)29-39-40-31(42-29)38-28-23(41)14-21-20(8-5-9-22(21)33)24(36-28)17-6-3-2-4-7-17/h2-9,15-16,18,28H,10-14H2,1H3,(H,38,40)/t28-/m1/s1. The van der Waals surface area contributed by atoms with E-state index in [1.165, 1.54) is 6.07 Å². The fraction of sp³-hybridized carbons (Fsp3) is 0.281. The lowest BCUT2D eigenvalue weighted by Crippen LogP contribution is -2.29. The van der Waals surface area contributed by atoms with Crippen molar-refractivity contribution in [2.75, 3.05) is 5.32 Å². The SMILES string of the molecule is CC1(c2nc(-c3nnc(N[C@H]4N=C(c5ccccc5)c5cccc(F)c5CC4=O)o3)c(-c3cnc(C4CC4)nc3)s2)CC1. The Labute approximate surface area is 250 Å².